The highest BCUT2D eigenvalue weighted by atomic mass is 79.9. The van der Waals surface area contributed by atoms with E-state index < -0.39 is 10.0 Å². The van der Waals surface area contributed by atoms with Crippen molar-refractivity contribution in [2.45, 2.75) is 4.90 Å². The molecule has 0 unspecified atom stereocenters. The Morgan fingerprint density at radius 2 is 1.65 bits per heavy atom. The molecule has 0 saturated carbocycles. The summed E-state index contributed by atoms with van der Waals surface area (Å²) in [4.78, 5) is -0.0238. The van der Waals surface area contributed by atoms with E-state index in [0.717, 1.165) is 0 Å². The van der Waals surface area contributed by atoms with Crippen LogP contribution in [0.15, 0.2) is 45.8 Å². The fraction of sp³-hybridized carbons (Fsp3) is 0. The maximum absolute atomic E-state index is 12.3. The molecule has 0 spiro atoms. The van der Waals surface area contributed by atoms with Crippen molar-refractivity contribution in [2.24, 2.45) is 0 Å². The topological polar surface area (TPSA) is 72.2 Å². The zero-order valence-electron chi connectivity index (χ0n) is 9.90. The maximum Gasteiger partial charge on any atom is 0.262 e. The van der Waals surface area contributed by atoms with Crippen molar-refractivity contribution in [3.63, 3.8) is 0 Å². The molecule has 0 aromatic heterocycles. The van der Waals surface area contributed by atoms with Crippen molar-refractivity contribution in [2.75, 3.05) is 10.5 Å². The molecule has 0 aliphatic carbocycles. The number of sulfonamides is 1. The lowest BCUT2D eigenvalue weighted by atomic mass is 10.3. The number of hydrogen-bond donors (Lipinski definition) is 2. The van der Waals surface area contributed by atoms with Gasteiger partial charge in [-0.2, -0.15) is 0 Å². The monoisotopic (exact) mass is 394 g/mol. The molecule has 2 aromatic carbocycles. The van der Waals surface area contributed by atoms with Gasteiger partial charge in [0.2, 0.25) is 0 Å². The predicted octanol–water partition coefficient (Wildman–Crippen LogP) is 4.14. The van der Waals surface area contributed by atoms with Gasteiger partial charge in [-0.1, -0.05) is 23.2 Å². The number of nitrogens with two attached hydrogens (primary N) is 1. The van der Waals surface area contributed by atoms with Gasteiger partial charge >= 0.3 is 0 Å². The highest BCUT2D eigenvalue weighted by Crippen LogP contribution is 2.29. The van der Waals surface area contributed by atoms with Crippen molar-refractivity contribution in [3.8, 4) is 0 Å². The summed E-state index contributed by atoms with van der Waals surface area (Å²) in [5.74, 6) is 0. The van der Waals surface area contributed by atoms with Crippen LogP contribution in [-0.2, 0) is 10.0 Å². The minimum absolute atomic E-state index is 0.0238. The second-order valence-corrected chi connectivity index (χ2v) is 7.36. The minimum Gasteiger partial charge on any atom is -0.399 e. The smallest absolute Gasteiger partial charge is 0.262 e. The van der Waals surface area contributed by atoms with Gasteiger partial charge in [-0.05, 0) is 52.3 Å². The average Bonchev–Trinajstić information content (AvgIpc) is 2.32. The predicted molar refractivity (Wildman–Crippen MR) is 85.8 cm³/mol. The van der Waals surface area contributed by atoms with E-state index in [4.69, 9.17) is 28.9 Å². The quantitative estimate of drug-likeness (QED) is 0.767. The second-order valence-electron chi connectivity index (χ2n) is 3.95. The molecule has 0 amide bonds. The van der Waals surface area contributed by atoms with Gasteiger partial charge in [0.15, 0.2) is 0 Å². The Hall–Kier alpha value is -0.950. The number of hydrogen-bond acceptors (Lipinski definition) is 3. The van der Waals surface area contributed by atoms with Crippen LogP contribution in [0.2, 0.25) is 10.0 Å². The van der Waals surface area contributed by atoms with Crippen LogP contribution >= 0.6 is 39.1 Å². The molecule has 0 aliphatic heterocycles. The maximum atomic E-state index is 12.3. The molecule has 0 heterocycles. The molecule has 20 heavy (non-hydrogen) atoms. The molecule has 2 rings (SSSR count). The van der Waals surface area contributed by atoms with E-state index in [1.165, 1.54) is 24.3 Å². The lowest BCUT2D eigenvalue weighted by molar-refractivity contribution is 0.601. The fourth-order valence-electron chi connectivity index (χ4n) is 1.51. The van der Waals surface area contributed by atoms with Crippen molar-refractivity contribution in [3.05, 3.63) is 50.9 Å². The van der Waals surface area contributed by atoms with E-state index in [1.807, 2.05) is 0 Å². The third-order valence-corrected chi connectivity index (χ3v) is 4.85. The zero-order chi connectivity index (χ0) is 14.9. The minimum atomic E-state index is -3.80. The molecule has 0 aliphatic rings. The summed E-state index contributed by atoms with van der Waals surface area (Å²) in [5.41, 5.74) is 6.41. The van der Waals surface area contributed by atoms with E-state index in [-0.39, 0.29) is 14.9 Å². The van der Waals surface area contributed by atoms with Crippen LogP contribution < -0.4 is 10.5 Å². The standard InChI is InChI=1S/C12H9BrCl2N2O2S/c13-11-2-1-9(16)6-12(11)17-20(18,19)10-4-7(14)3-8(15)5-10/h1-6,17H,16H2. The third kappa shape index (κ3) is 3.58. The fourth-order valence-corrected chi connectivity index (χ4v) is 3.78. The Morgan fingerprint density at radius 1 is 1.05 bits per heavy atom. The van der Waals surface area contributed by atoms with E-state index in [9.17, 15) is 8.42 Å². The molecule has 0 radical (unpaired) electrons. The summed E-state index contributed by atoms with van der Waals surface area (Å²) in [5, 5.41) is 0.481. The summed E-state index contributed by atoms with van der Waals surface area (Å²) in [7, 11) is -3.80. The van der Waals surface area contributed by atoms with Gasteiger partial charge in [0.05, 0.1) is 10.6 Å². The van der Waals surface area contributed by atoms with E-state index >= 15 is 0 Å². The lowest BCUT2D eigenvalue weighted by Gasteiger charge is -2.11. The highest BCUT2D eigenvalue weighted by Gasteiger charge is 2.17. The van der Waals surface area contributed by atoms with Crippen molar-refractivity contribution < 1.29 is 8.42 Å². The van der Waals surface area contributed by atoms with Crippen LogP contribution in [0, 0.1) is 0 Å². The van der Waals surface area contributed by atoms with Crippen molar-refractivity contribution in [1.29, 1.82) is 0 Å². The Balaban J connectivity index is 2.43. The Morgan fingerprint density at radius 3 is 2.25 bits per heavy atom. The van der Waals surface area contributed by atoms with Crippen molar-refractivity contribution in [1.82, 2.24) is 0 Å². The highest BCUT2D eigenvalue weighted by molar-refractivity contribution is 9.10. The number of halogens is 3. The molecule has 0 saturated heterocycles. The Labute approximate surface area is 135 Å². The van der Waals surface area contributed by atoms with Crippen LogP contribution in [0.4, 0.5) is 11.4 Å². The number of rotatable bonds is 3. The molecular weight excluding hydrogens is 387 g/mol. The van der Waals surface area contributed by atoms with Crippen LogP contribution in [0.3, 0.4) is 0 Å². The Kier molecular flexibility index (Phi) is 4.49. The number of benzene rings is 2. The van der Waals surface area contributed by atoms with Gasteiger partial charge < -0.3 is 5.73 Å². The zero-order valence-corrected chi connectivity index (χ0v) is 13.8. The summed E-state index contributed by atoms with van der Waals surface area (Å²) in [6.45, 7) is 0. The number of anilines is 2. The van der Waals surface area contributed by atoms with Gasteiger partial charge in [0.1, 0.15) is 0 Å². The first-order valence-electron chi connectivity index (χ1n) is 5.32. The first-order chi connectivity index (χ1) is 9.28. The van der Waals surface area contributed by atoms with Gasteiger partial charge in [-0.3, -0.25) is 4.72 Å². The summed E-state index contributed by atoms with van der Waals surface area (Å²) in [6.07, 6.45) is 0. The second kappa shape index (κ2) is 5.81. The molecular formula is C12H9BrCl2N2O2S. The average molecular weight is 396 g/mol. The first-order valence-corrected chi connectivity index (χ1v) is 8.35. The molecule has 0 fully saturated rings. The van der Waals surface area contributed by atoms with E-state index in [1.54, 1.807) is 12.1 Å². The molecule has 2 aromatic rings. The summed E-state index contributed by atoms with van der Waals surface area (Å²) < 4.78 is 27.6. The van der Waals surface area contributed by atoms with Gasteiger partial charge in [-0.15, -0.1) is 0 Å². The number of nitrogens with one attached hydrogen (secondary N) is 1. The van der Waals surface area contributed by atoms with Crippen LogP contribution in [0.5, 0.6) is 0 Å². The Bertz CT molecular complexity index is 746. The van der Waals surface area contributed by atoms with Crippen LogP contribution in [-0.4, -0.2) is 8.42 Å². The third-order valence-electron chi connectivity index (χ3n) is 2.38. The molecule has 0 atom stereocenters. The van der Waals surface area contributed by atoms with Gasteiger partial charge in [0, 0.05) is 20.2 Å². The van der Waals surface area contributed by atoms with E-state index in [0.29, 0.717) is 15.8 Å². The van der Waals surface area contributed by atoms with Gasteiger partial charge in [-0.25, -0.2) is 8.42 Å². The number of nitrogen functional groups attached to an aromatic ring is 1. The normalized spacial score (nSPS) is 11.3. The SMILES string of the molecule is Nc1ccc(Br)c(NS(=O)(=O)c2cc(Cl)cc(Cl)c2)c1. The first kappa shape index (κ1) is 15.4. The molecule has 8 heteroatoms. The lowest BCUT2D eigenvalue weighted by Crippen LogP contribution is -2.13. The van der Waals surface area contributed by atoms with Crippen LogP contribution in [0.25, 0.3) is 0 Å². The largest absolute Gasteiger partial charge is 0.399 e. The molecule has 0 bridgehead atoms. The molecule has 4 nitrogen and oxygen atoms in total. The van der Waals surface area contributed by atoms with Crippen molar-refractivity contribution >= 4 is 60.5 Å². The van der Waals surface area contributed by atoms with Gasteiger partial charge in [0.25, 0.3) is 10.0 Å². The summed E-state index contributed by atoms with van der Waals surface area (Å²) >= 11 is 14.9. The summed E-state index contributed by atoms with van der Waals surface area (Å²) in [6, 6.07) is 8.90. The molecule has 106 valence electrons. The van der Waals surface area contributed by atoms with E-state index in [2.05, 4.69) is 20.7 Å². The molecule has 3 N–H and O–H groups in total. The van der Waals surface area contributed by atoms with Crippen LogP contribution in [0.1, 0.15) is 0 Å².